The van der Waals surface area contributed by atoms with Gasteiger partial charge in [0.2, 0.25) is 11.2 Å². The highest BCUT2D eigenvalue weighted by Crippen LogP contribution is 2.42. The van der Waals surface area contributed by atoms with Crippen LogP contribution < -0.4 is 0 Å². The molecule has 1 aromatic rings. The summed E-state index contributed by atoms with van der Waals surface area (Å²) in [6.07, 6.45) is 1.86. The van der Waals surface area contributed by atoms with E-state index in [0.29, 0.717) is 38.2 Å². The van der Waals surface area contributed by atoms with Crippen molar-refractivity contribution in [1.29, 1.82) is 0 Å². The van der Waals surface area contributed by atoms with E-state index in [4.69, 9.17) is 27.9 Å². The number of carbonyl (C=O) groups excluding carboxylic acids is 2. The molecule has 0 atom stereocenters. The molecule has 7 nitrogen and oxygen atoms in total. The van der Waals surface area contributed by atoms with Gasteiger partial charge in [0.1, 0.15) is 10.8 Å². The molecule has 0 bridgehead atoms. The molecular formula is C16H20Cl2N4O3. The van der Waals surface area contributed by atoms with Gasteiger partial charge in [-0.2, -0.15) is 0 Å². The highest BCUT2D eigenvalue weighted by molar-refractivity contribution is 6.32. The molecule has 0 aliphatic carbocycles. The van der Waals surface area contributed by atoms with Gasteiger partial charge >= 0.3 is 6.09 Å². The smallest absolute Gasteiger partial charge is 0.410 e. The summed E-state index contributed by atoms with van der Waals surface area (Å²) < 4.78 is 5.34. The Morgan fingerprint density at radius 2 is 2.04 bits per heavy atom. The van der Waals surface area contributed by atoms with Crippen molar-refractivity contribution >= 4 is 35.2 Å². The van der Waals surface area contributed by atoms with Crippen molar-refractivity contribution in [1.82, 2.24) is 19.8 Å². The fraction of sp³-hybridized carbons (Fsp3) is 0.625. The van der Waals surface area contributed by atoms with E-state index < -0.39 is 11.0 Å². The third kappa shape index (κ3) is 3.67. The van der Waals surface area contributed by atoms with Crippen molar-refractivity contribution in [3.05, 3.63) is 22.2 Å². The molecule has 0 aromatic carbocycles. The first-order valence-electron chi connectivity index (χ1n) is 8.04. The molecule has 3 rings (SSSR count). The number of ether oxygens (including phenoxy) is 1. The van der Waals surface area contributed by atoms with Crippen LogP contribution in [0, 0.1) is 5.41 Å². The van der Waals surface area contributed by atoms with Crippen LogP contribution in [0.25, 0.3) is 0 Å². The monoisotopic (exact) mass is 386 g/mol. The van der Waals surface area contributed by atoms with Crippen LogP contribution in [-0.4, -0.2) is 57.0 Å². The lowest BCUT2D eigenvalue weighted by atomic mass is 9.78. The second-order valence-corrected chi connectivity index (χ2v) is 8.24. The number of halogens is 2. The molecule has 2 fully saturated rings. The Morgan fingerprint density at radius 3 is 2.64 bits per heavy atom. The number of rotatable bonds is 2. The van der Waals surface area contributed by atoms with Gasteiger partial charge in [0, 0.05) is 31.4 Å². The first-order valence-corrected chi connectivity index (χ1v) is 8.79. The number of amides is 2. The molecule has 2 amide bonds. The predicted octanol–water partition coefficient (Wildman–Crippen LogP) is 2.75. The Hall–Kier alpha value is -1.60. The van der Waals surface area contributed by atoms with E-state index in [-0.39, 0.29) is 22.4 Å². The zero-order valence-electron chi connectivity index (χ0n) is 14.4. The van der Waals surface area contributed by atoms with Crippen molar-refractivity contribution in [3.8, 4) is 0 Å². The van der Waals surface area contributed by atoms with Crippen molar-refractivity contribution in [2.75, 3.05) is 19.6 Å². The molecule has 0 saturated carbocycles. The Balaban J connectivity index is 1.61. The van der Waals surface area contributed by atoms with Crippen LogP contribution in [0.15, 0.2) is 6.20 Å². The maximum Gasteiger partial charge on any atom is 0.410 e. The Labute approximate surface area is 156 Å². The minimum absolute atomic E-state index is 0.0262. The van der Waals surface area contributed by atoms with Gasteiger partial charge in [0.25, 0.3) is 0 Å². The molecule has 136 valence electrons. The van der Waals surface area contributed by atoms with Crippen LogP contribution in [0.4, 0.5) is 4.79 Å². The first-order chi connectivity index (χ1) is 11.6. The molecule has 0 unspecified atom stereocenters. The molecule has 1 aromatic heterocycles. The van der Waals surface area contributed by atoms with Gasteiger partial charge in [-0.3, -0.25) is 4.79 Å². The van der Waals surface area contributed by atoms with Crippen LogP contribution >= 0.6 is 23.2 Å². The van der Waals surface area contributed by atoms with Gasteiger partial charge in [-0.15, -0.1) is 0 Å². The zero-order valence-corrected chi connectivity index (χ0v) is 15.9. The SMILES string of the molecule is CC(C)(C)OC(=O)N1CC2(CCN(Cc3cnc(Cl)nc3Cl)C2=O)C1. The van der Waals surface area contributed by atoms with Crippen LogP contribution in [0.2, 0.25) is 10.4 Å². The van der Waals surface area contributed by atoms with Gasteiger partial charge in [0.05, 0.1) is 12.0 Å². The molecule has 2 saturated heterocycles. The Morgan fingerprint density at radius 1 is 1.36 bits per heavy atom. The molecule has 25 heavy (non-hydrogen) atoms. The van der Waals surface area contributed by atoms with E-state index in [2.05, 4.69) is 9.97 Å². The van der Waals surface area contributed by atoms with E-state index in [1.807, 2.05) is 20.8 Å². The molecule has 0 radical (unpaired) electrons. The van der Waals surface area contributed by atoms with E-state index in [1.165, 1.54) is 6.20 Å². The molecule has 3 heterocycles. The molecule has 9 heteroatoms. The third-order valence-electron chi connectivity index (χ3n) is 4.38. The Bertz CT molecular complexity index is 714. The van der Waals surface area contributed by atoms with Gasteiger partial charge < -0.3 is 14.5 Å². The summed E-state index contributed by atoms with van der Waals surface area (Å²) >= 11 is 11.8. The van der Waals surface area contributed by atoms with Gasteiger partial charge in [0.15, 0.2) is 0 Å². The highest BCUT2D eigenvalue weighted by atomic mass is 35.5. The summed E-state index contributed by atoms with van der Waals surface area (Å²) in [7, 11) is 0. The van der Waals surface area contributed by atoms with E-state index >= 15 is 0 Å². The van der Waals surface area contributed by atoms with E-state index in [0.717, 1.165) is 0 Å². The topological polar surface area (TPSA) is 75.6 Å². The number of hydrogen-bond donors (Lipinski definition) is 0. The van der Waals surface area contributed by atoms with Gasteiger partial charge in [-0.05, 0) is 38.8 Å². The lowest BCUT2D eigenvalue weighted by molar-refractivity contribution is -0.144. The summed E-state index contributed by atoms with van der Waals surface area (Å²) in [6.45, 7) is 7.19. The van der Waals surface area contributed by atoms with Crippen molar-refractivity contribution in [2.45, 2.75) is 39.3 Å². The molecule has 2 aliphatic rings. The average Bonchev–Trinajstić information content (AvgIpc) is 2.76. The largest absolute Gasteiger partial charge is 0.444 e. The van der Waals surface area contributed by atoms with E-state index in [9.17, 15) is 9.59 Å². The second kappa shape index (κ2) is 6.29. The molecule has 2 aliphatic heterocycles. The van der Waals surface area contributed by atoms with Crippen LogP contribution in [0.1, 0.15) is 32.8 Å². The minimum Gasteiger partial charge on any atom is -0.444 e. The maximum atomic E-state index is 12.8. The fourth-order valence-corrected chi connectivity index (χ4v) is 3.52. The standard InChI is InChI=1S/C16H20Cl2N4O3/c1-15(2,3)25-14(24)22-8-16(9-22)4-5-21(12(16)23)7-10-6-19-13(18)20-11(10)17/h6H,4-5,7-9H2,1-3H3. The summed E-state index contributed by atoms with van der Waals surface area (Å²) in [5, 5.41) is 0.322. The highest BCUT2D eigenvalue weighted by Gasteiger charge is 2.56. The minimum atomic E-state index is -0.545. The first kappa shape index (κ1) is 18.2. The molecule has 1 spiro atoms. The van der Waals surface area contributed by atoms with Crippen molar-refractivity contribution in [3.63, 3.8) is 0 Å². The molecular weight excluding hydrogens is 367 g/mol. The fourth-order valence-electron chi connectivity index (χ4n) is 3.15. The normalized spacial score (nSPS) is 19.3. The lowest BCUT2D eigenvalue weighted by Crippen LogP contribution is -2.62. The number of hydrogen-bond acceptors (Lipinski definition) is 5. The zero-order chi connectivity index (χ0) is 18.4. The quantitative estimate of drug-likeness (QED) is 0.576. The van der Waals surface area contributed by atoms with Gasteiger partial charge in [-0.1, -0.05) is 11.6 Å². The number of carbonyl (C=O) groups is 2. The van der Waals surface area contributed by atoms with Crippen LogP contribution in [0.5, 0.6) is 0 Å². The summed E-state index contributed by atoms with van der Waals surface area (Å²) in [6, 6.07) is 0. The van der Waals surface area contributed by atoms with Crippen molar-refractivity contribution in [2.24, 2.45) is 5.41 Å². The lowest BCUT2D eigenvalue weighted by Gasteiger charge is -2.46. The summed E-state index contributed by atoms with van der Waals surface area (Å²) in [5.41, 5.74) is -0.395. The number of likely N-dealkylation sites (tertiary alicyclic amines) is 2. The number of aromatic nitrogens is 2. The number of nitrogens with zero attached hydrogens (tertiary/aromatic N) is 4. The van der Waals surface area contributed by atoms with Gasteiger partial charge in [-0.25, -0.2) is 14.8 Å². The molecule has 0 N–H and O–H groups in total. The second-order valence-electron chi connectivity index (χ2n) is 7.55. The summed E-state index contributed by atoms with van der Waals surface area (Å²) in [5.74, 6) is 0.0262. The predicted molar refractivity (Wildman–Crippen MR) is 92.3 cm³/mol. The van der Waals surface area contributed by atoms with Crippen LogP contribution in [0.3, 0.4) is 0 Å². The average molecular weight is 387 g/mol. The van der Waals surface area contributed by atoms with Crippen molar-refractivity contribution < 1.29 is 14.3 Å². The summed E-state index contributed by atoms with van der Waals surface area (Å²) in [4.78, 5) is 36.0. The third-order valence-corrected chi connectivity index (χ3v) is 4.89. The van der Waals surface area contributed by atoms with Crippen LogP contribution in [-0.2, 0) is 16.1 Å². The maximum absolute atomic E-state index is 12.8. The Kier molecular flexibility index (Phi) is 4.58. The van der Waals surface area contributed by atoms with E-state index in [1.54, 1.807) is 9.80 Å².